The van der Waals surface area contributed by atoms with Crippen molar-refractivity contribution >= 4 is 11.9 Å². The van der Waals surface area contributed by atoms with Crippen LogP contribution < -0.4 is 5.32 Å². The highest BCUT2D eigenvalue weighted by atomic mass is 19.1. The quantitative estimate of drug-likeness (QED) is 0.761. The van der Waals surface area contributed by atoms with Gasteiger partial charge in [-0.15, -0.1) is 0 Å². The van der Waals surface area contributed by atoms with Crippen LogP contribution in [0.5, 0.6) is 0 Å². The molecule has 2 atom stereocenters. The molecule has 0 radical (unpaired) electrons. The van der Waals surface area contributed by atoms with Gasteiger partial charge in [0.15, 0.2) is 0 Å². The monoisotopic (exact) mass is 335 g/mol. The molecule has 0 aliphatic heterocycles. The molecule has 1 saturated carbocycles. The van der Waals surface area contributed by atoms with E-state index >= 15 is 0 Å². The van der Waals surface area contributed by atoms with E-state index in [1.165, 1.54) is 49.9 Å². The Morgan fingerprint density at radius 2 is 1.88 bits per heavy atom. The van der Waals surface area contributed by atoms with Crippen molar-refractivity contribution in [2.24, 2.45) is 11.8 Å². The van der Waals surface area contributed by atoms with Crippen LogP contribution in [0.25, 0.3) is 0 Å². The summed E-state index contributed by atoms with van der Waals surface area (Å²) in [6.45, 7) is 2.02. The largest absolute Gasteiger partial charge is 0.481 e. The third kappa shape index (κ3) is 5.05. The van der Waals surface area contributed by atoms with Crippen molar-refractivity contribution in [2.45, 2.75) is 51.4 Å². The predicted octanol–water partition coefficient (Wildman–Crippen LogP) is 3.72. The van der Waals surface area contributed by atoms with Crippen molar-refractivity contribution in [3.05, 3.63) is 35.6 Å². The van der Waals surface area contributed by atoms with Crippen molar-refractivity contribution in [3.8, 4) is 0 Å². The Morgan fingerprint density at radius 3 is 2.42 bits per heavy atom. The zero-order valence-corrected chi connectivity index (χ0v) is 14.1. The minimum Gasteiger partial charge on any atom is -0.481 e. The van der Waals surface area contributed by atoms with Gasteiger partial charge in [0.05, 0.1) is 5.92 Å². The number of halogens is 1. The van der Waals surface area contributed by atoms with Crippen LogP contribution in [0.15, 0.2) is 24.3 Å². The van der Waals surface area contributed by atoms with Crippen LogP contribution in [0.4, 0.5) is 4.39 Å². The van der Waals surface area contributed by atoms with Crippen LogP contribution in [-0.4, -0.2) is 23.5 Å². The molecular formula is C19H26FNO3. The number of hydrogen-bond acceptors (Lipinski definition) is 2. The Labute approximate surface area is 142 Å². The normalized spacial score (nSPS) is 17.4. The number of rotatable bonds is 8. The average molecular weight is 335 g/mol. The summed E-state index contributed by atoms with van der Waals surface area (Å²) in [5.74, 6) is -1.81. The molecule has 2 unspecified atom stereocenters. The molecule has 0 saturated heterocycles. The molecule has 1 aromatic carbocycles. The molecule has 2 rings (SSSR count). The number of amides is 1. The van der Waals surface area contributed by atoms with Crippen LogP contribution >= 0.6 is 0 Å². The summed E-state index contributed by atoms with van der Waals surface area (Å²) in [5.41, 5.74) is 0.494. The van der Waals surface area contributed by atoms with Gasteiger partial charge in [-0.3, -0.25) is 9.59 Å². The molecule has 1 amide bonds. The molecule has 0 aromatic heterocycles. The maximum absolute atomic E-state index is 13.0. The van der Waals surface area contributed by atoms with Gasteiger partial charge >= 0.3 is 5.97 Å². The van der Waals surface area contributed by atoms with Gasteiger partial charge in [-0.2, -0.15) is 0 Å². The fraction of sp³-hybridized carbons (Fsp3) is 0.579. The maximum atomic E-state index is 13.0. The average Bonchev–Trinajstić information content (AvgIpc) is 3.07. The first kappa shape index (κ1) is 18.4. The fourth-order valence-electron chi connectivity index (χ4n) is 3.50. The van der Waals surface area contributed by atoms with E-state index in [4.69, 9.17) is 0 Å². The third-order valence-electron chi connectivity index (χ3n) is 5.01. The smallest absolute Gasteiger partial charge is 0.312 e. The molecule has 2 N–H and O–H groups in total. The van der Waals surface area contributed by atoms with E-state index in [9.17, 15) is 19.1 Å². The van der Waals surface area contributed by atoms with Gasteiger partial charge < -0.3 is 10.4 Å². The van der Waals surface area contributed by atoms with Crippen LogP contribution in [0.2, 0.25) is 0 Å². The van der Waals surface area contributed by atoms with Crippen LogP contribution in [0.1, 0.15) is 56.9 Å². The van der Waals surface area contributed by atoms with Gasteiger partial charge in [-0.1, -0.05) is 44.7 Å². The van der Waals surface area contributed by atoms with Crippen molar-refractivity contribution in [1.29, 1.82) is 0 Å². The van der Waals surface area contributed by atoms with E-state index < -0.39 is 17.7 Å². The molecule has 4 nitrogen and oxygen atoms in total. The van der Waals surface area contributed by atoms with Gasteiger partial charge in [0.25, 0.3) is 0 Å². The predicted molar refractivity (Wildman–Crippen MR) is 90.1 cm³/mol. The lowest BCUT2D eigenvalue weighted by Gasteiger charge is -2.20. The molecule has 1 aliphatic carbocycles. The standard InChI is InChI=1S/C19H26FNO3/c1-2-14(11-13-5-3-4-6-13)18(22)21-12-17(19(23)24)15-7-9-16(20)10-8-15/h7-10,13-14,17H,2-6,11-12H2,1H3,(H,21,22)(H,23,24). The number of carboxylic acids is 1. The Kier molecular flexibility index (Phi) is 6.76. The first-order valence-corrected chi connectivity index (χ1v) is 8.77. The van der Waals surface area contributed by atoms with Crippen LogP contribution in [0.3, 0.4) is 0 Å². The molecule has 1 aliphatic rings. The van der Waals surface area contributed by atoms with Crippen molar-refractivity contribution in [3.63, 3.8) is 0 Å². The van der Waals surface area contributed by atoms with E-state index in [0.717, 1.165) is 12.8 Å². The van der Waals surface area contributed by atoms with Crippen LogP contribution in [-0.2, 0) is 9.59 Å². The second-order valence-corrected chi connectivity index (χ2v) is 6.68. The SMILES string of the molecule is CCC(CC1CCCC1)C(=O)NCC(C(=O)O)c1ccc(F)cc1. The second kappa shape index (κ2) is 8.81. The van der Waals surface area contributed by atoms with Crippen molar-refractivity contribution in [2.75, 3.05) is 6.54 Å². The number of benzene rings is 1. The number of aliphatic carboxylic acids is 1. The highest BCUT2D eigenvalue weighted by Crippen LogP contribution is 2.31. The first-order chi connectivity index (χ1) is 11.5. The Morgan fingerprint density at radius 1 is 1.25 bits per heavy atom. The van der Waals surface area contributed by atoms with Crippen molar-refractivity contribution < 1.29 is 19.1 Å². The Hall–Kier alpha value is -1.91. The molecular weight excluding hydrogens is 309 g/mol. The maximum Gasteiger partial charge on any atom is 0.312 e. The Balaban J connectivity index is 1.93. The highest BCUT2D eigenvalue weighted by molar-refractivity contribution is 5.81. The Bertz CT molecular complexity index is 552. The second-order valence-electron chi connectivity index (χ2n) is 6.68. The first-order valence-electron chi connectivity index (χ1n) is 8.77. The van der Waals surface area contributed by atoms with E-state index in [-0.39, 0.29) is 18.4 Å². The highest BCUT2D eigenvalue weighted by Gasteiger charge is 2.26. The summed E-state index contributed by atoms with van der Waals surface area (Å²) in [7, 11) is 0. The van der Waals surface area contributed by atoms with Gasteiger partial charge in [0.1, 0.15) is 5.82 Å². The molecule has 132 valence electrons. The summed E-state index contributed by atoms with van der Waals surface area (Å²) in [6, 6.07) is 5.39. The van der Waals surface area contributed by atoms with Gasteiger partial charge in [-0.05, 0) is 36.5 Å². The summed E-state index contributed by atoms with van der Waals surface area (Å²) in [6.07, 6.45) is 6.52. The fourth-order valence-corrected chi connectivity index (χ4v) is 3.50. The third-order valence-corrected chi connectivity index (χ3v) is 5.01. The molecule has 1 fully saturated rings. The van der Waals surface area contributed by atoms with E-state index in [1.54, 1.807) is 0 Å². The summed E-state index contributed by atoms with van der Waals surface area (Å²) in [5, 5.41) is 12.2. The lowest BCUT2D eigenvalue weighted by molar-refractivity contribution is -0.138. The van der Waals surface area contributed by atoms with E-state index in [0.29, 0.717) is 11.5 Å². The van der Waals surface area contributed by atoms with Gasteiger partial charge in [0, 0.05) is 12.5 Å². The number of nitrogens with one attached hydrogen (secondary N) is 1. The lowest BCUT2D eigenvalue weighted by Crippen LogP contribution is -2.36. The minimum absolute atomic E-state index is 0.0287. The summed E-state index contributed by atoms with van der Waals surface area (Å²) >= 11 is 0. The van der Waals surface area contributed by atoms with Crippen molar-refractivity contribution in [1.82, 2.24) is 5.32 Å². The summed E-state index contributed by atoms with van der Waals surface area (Å²) < 4.78 is 13.0. The number of carboxylic acid groups (broad SMARTS) is 1. The molecule has 0 spiro atoms. The topological polar surface area (TPSA) is 66.4 Å². The van der Waals surface area contributed by atoms with Crippen LogP contribution in [0, 0.1) is 17.7 Å². The van der Waals surface area contributed by atoms with E-state index in [2.05, 4.69) is 5.32 Å². The summed E-state index contributed by atoms with van der Waals surface area (Å²) in [4.78, 5) is 23.9. The molecule has 0 bridgehead atoms. The number of hydrogen-bond donors (Lipinski definition) is 2. The van der Waals surface area contributed by atoms with E-state index in [1.807, 2.05) is 6.92 Å². The molecule has 1 aromatic rings. The molecule has 0 heterocycles. The van der Waals surface area contributed by atoms with Gasteiger partial charge in [-0.25, -0.2) is 4.39 Å². The number of carbonyl (C=O) groups excluding carboxylic acids is 1. The number of carbonyl (C=O) groups is 2. The van der Waals surface area contributed by atoms with Gasteiger partial charge in [0.2, 0.25) is 5.91 Å². The zero-order chi connectivity index (χ0) is 17.5. The molecule has 24 heavy (non-hydrogen) atoms. The molecule has 5 heteroatoms. The minimum atomic E-state index is -1.02. The zero-order valence-electron chi connectivity index (χ0n) is 14.1. The lowest BCUT2D eigenvalue weighted by atomic mass is 9.90.